The number of nitrogens with zero attached hydrogens (tertiary/aromatic N) is 5. The molecule has 0 aliphatic carbocycles. The number of rotatable bonds is 5. The minimum atomic E-state index is 0.412. The van der Waals surface area contributed by atoms with Crippen LogP contribution >= 0.6 is 0 Å². The lowest BCUT2D eigenvalue weighted by Gasteiger charge is -2.11. The fourth-order valence-corrected chi connectivity index (χ4v) is 2.90. The van der Waals surface area contributed by atoms with Gasteiger partial charge < -0.3 is 10.5 Å². The van der Waals surface area contributed by atoms with Gasteiger partial charge in [0.25, 0.3) is 0 Å². The normalized spacial score (nSPS) is 10.5. The number of benzene rings is 1. The van der Waals surface area contributed by atoms with E-state index in [2.05, 4.69) is 21.1 Å². The first-order valence-electron chi connectivity index (χ1n) is 9.01. The summed E-state index contributed by atoms with van der Waals surface area (Å²) in [7, 11) is 1.79. The highest BCUT2D eigenvalue weighted by Gasteiger charge is 2.15. The number of aryl methyl sites for hydroxylation is 1. The molecule has 0 amide bonds. The highest BCUT2D eigenvalue weighted by molar-refractivity contribution is 5.68. The fourth-order valence-electron chi connectivity index (χ4n) is 2.90. The minimum absolute atomic E-state index is 0.412. The first kappa shape index (κ1) is 18.3. The smallest absolute Gasteiger partial charge is 0.218 e. The molecule has 2 N–H and O–H groups in total. The zero-order valence-electron chi connectivity index (χ0n) is 15.8. The average molecular weight is 382 g/mol. The number of ether oxygens (including phenoxy) is 1. The Morgan fingerprint density at radius 1 is 1.07 bits per heavy atom. The Morgan fingerprint density at radius 3 is 2.59 bits per heavy atom. The molecule has 0 spiro atoms. The first-order valence-corrected chi connectivity index (χ1v) is 9.01. The van der Waals surface area contributed by atoms with Crippen LogP contribution in [0.15, 0.2) is 67.0 Å². The van der Waals surface area contributed by atoms with Crippen molar-refractivity contribution in [3.63, 3.8) is 0 Å². The number of hydrogen-bond acceptors (Lipinski definition) is 6. The molecular formula is C22H18N6O. The Hall–Kier alpha value is -4.02. The van der Waals surface area contributed by atoms with Gasteiger partial charge in [0.05, 0.1) is 11.3 Å². The van der Waals surface area contributed by atoms with Gasteiger partial charge in [-0.1, -0.05) is 30.3 Å². The van der Waals surface area contributed by atoms with Crippen LogP contribution < -0.4 is 10.5 Å². The third-order valence-corrected chi connectivity index (χ3v) is 4.42. The summed E-state index contributed by atoms with van der Waals surface area (Å²) in [5.74, 6) is 0.988. The summed E-state index contributed by atoms with van der Waals surface area (Å²) < 4.78 is 7.76. The monoisotopic (exact) mass is 382 g/mol. The van der Waals surface area contributed by atoms with Crippen molar-refractivity contribution in [1.82, 2.24) is 19.7 Å². The van der Waals surface area contributed by atoms with Crippen LogP contribution in [0.25, 0.3) is 22.6 Å². The lowest BCUT2D eigenvalue weighted by atomic mass is 10.1. The molecule has 1 aromatic carbocycles. The Labute approximate surface area is 168 Å². The maximum atomic E-state index is 9.28. The topological polar surface area (TPSA) is 103 Å². The van der Waals surface area contributed by atoms with Gasteiger partial charge in [-0.05, 0) is 17.7 Å². The molecule has 0 aliphatic rings. The van der Waals surface area contributed by atoms with Gasteiger partial charge in [0, 0.05) is 43.7 Å². The van der Waals surface area contributed by atoms with E-state index < -0.39 is 0 Å². The number of pyridine rings is 2. The maximum absolute atomic E-state index is 9.28. The van der Waals surface area contributed by atoms with Crippen LogP contribution in [0.2, 0.25) is 0 Å². The molecule has 0 aliphatic heterocycles. The van der Waals surface area contributed by atoms with E-state index in [4.69, 9.17) is 10.5 Å². The third-order valence-electron chi connectivity index (χ3n) is 4.42. The minimum Gasteiger partial charge on any atom is -0.437 e. The van der Waals surface area contributed by atoms with E-state index in [1.165, 1.54) is 6.20 Å². The van der Waals surface area contributed by atoms with Crippen LogP contribution in [0.1, 0.15) is 11.1 Å². The molecule has 0 saturated heterocycles. The number of hydrogen-bond donors (Lipinski definition) is 1. The van der Waals surface area contributed by atoms with Gasteiger partial charge in [-0.25, -0.2) is 4.68 Å². The summed E-state index contributed by atoms with van der Waals surface area (Å²) in [6.07, 6.45) is 3.25. The molecule has 0 fully saturated rings. The van der Waals surface area contributed by atoms with Gasteiger partial charge >= 0.3 is 0 Å². The van der Waals surface area contributed by atoms with Crippen LogP contribution in [-0.4, -0.2) is 19.7 Å². The molecule has 7 nitrogen and oxygen atoms in total. The van der Waals surface area contributed by atoms with Gasteiger partial charge in [-0.15, -0.1) is 0 Å². The molecule has 142 valence electrons. The van der Waals surface area contributed by atoms with Crippen molar-refractivity contribution in [2.24, 2.45) is 12.8 Å². The molecule has 4 rings (SSSR count). The van der Waals surface area contributed by atoms with Crippen LogP contribution in [-0.2, 0) is 13.6 Å². The molecule has 4 aromatic rings. The molecule has 3 aromatic heterocycles. The van der Waals surface area contributed by atoms with Crippen LogP contribution in [0.3, 0.4) is 0 Å². The summed E-state index contributed by atoms with van der Waals surface area (Å²) in [6, 6.07) is 19.0. The van der Waals surface area contributed by atoms with E-state index in [9.17, 15) is 5.26 Å². The van der Waals surface area contributed by atoms with E-state index in [0.29, 0.717) is 35.1 Å². The molecule has 0 saturated carbocycles. The second kappa shape index (κ2) is 7.92. The predicted molar refractivity (Wildman–Crippen MR) is 109 cm³/mol. The van der Waals surface area contributed by atoms with Gasteiger partial charge in [-0.3, -0.25) is 9.97 Å². The van der Waals surface area contributed by atoms with Gasteiger partial charge in [0.1, 0.15) is 17.5 Å². The van der Waals surface area contributed by atoms with Gasteiger partial charge in [-0.2, -0.15) is 10.4 Å². The standard InChI is InChI=1S/C22H18N6O/c1-28-21(11-19(27-28)18-4-2-3-9-25-18)29-20-10-16(13-24)14-26-22(20)17-7-5-15(12-23)6-8-17/h2-11,14H,12,23H2,1H3. The van der Waals surface area contributed by atoms with Crippen molar-refractivity contribution in [1.29, 1.82) is 5.26 Å². The second-order valence-electron chi connectivity index (χ2n) is 6.39. The quantitative estimate of drug-likeness (QED) is 0.565. The highest BCUT2D eigenvalue weighted by atomic mass is 16.5. The van der Waals surface area contributed by atoms with Gasteiger partial charge in [0.15, 0.2) is 5.75 Å². The highest BCUT2D eigenvalue weighted by Crippen LogP contribution is 2.33. The van der Waals surface area contributed by atoms with E-state index in [-0.39, 0.29) is 0 Å². The summed E-state index contributed by atoms with van der Waals surface area (Å²) in [6.45, 7) is 0.468. The molecule has 0 atom stereocenters. The number of nitriles is 1. The van der Waals surface area contributed by atoms with Crippen molar-refractivity contribution in [2.75, 3.05) is 0 Å². The van der Waals surface area contributed by atoms with Crippen LogP contribution in [0.5, 0.6) is 11.6 Å². The van der Waals surface area contributed by atoms with E-state index in [0.717, 1.165) is 16.8 Å². The summed E-state index contributed by atoms with van der Waals surface area (Å²) >= 11 is 0. The predicted octanol–water partition coefficient (Wildman–Crippen LogP) is 3.67. The molecule has 0 bridgehead atoms. The third kappa shape index (κ3) is 3.83. The lowest BCUT2D eigenvalue weighted by Crippen LogP contribution is -1.99. The van der Waals surface area contributed by atoms with Crippen molar-refractivity contribution >= 4 is 0 Å². The maximum Gasteiger partial charge on any atom is 0.218 e. The Bertz CT molecular complexity index is 1180. The lowest BCUT2D eigenvalue weighted by molar-refractivity contribution is 0.430. The van der Waals surface area contributed by atoms with E-state index in [1.54, 1.807) is 24.0 Å². The Balaban J connectivity index is 1.73. The van der Waals surface area contributed by atoms with Crippen molar-refractivity contribution < 1.29 is 4.74 Å². The largest absolute Gasteiger partial charge is 0.437 e. The molecule has 3 heterocycles. The fraction of sp³-hybridized carbons (Fsp3) is 0.0909. The average Bonchev–Trinajstić information content (AvgIpc) is 3.14. The van der Waals surface area contributed by atoms with Crippen molar-refractivity contribution in [2.45, 2.75) is 6.54 Å². The SMILES string of the molecule is Cn1nc(-c2ccccn2)cc1Oc1cc(C#N)cnc1-c1ccc(CN)cc1. The molecular weight excluding hydrogens is 364 g/mol. The summed E-state index contributed by atoms with van der Waals surface area (Å²) in [5, 5.41) is 13.8. The van der Waals surface area contributed by atoms with Crippen LogP contribution in [0.4, 0.5) is 0 Å². The van der Waals surface area contributed by atoms with Crippen molar-refractivity contribution in [3.05, 3.63) is 78.1 Å². The van der Waals surface area contributed by atoms with Crippen LogP contribution in [0, 0.1) is 11.3 Å². The molecule has 0 unspecified atom stereocenters. The summed E-state index contributed by atoms with van der Waals surface area (Å²) in [5.41, 5.74) is 10.1. The van der Waals surface area contributed by atoms with E-state index >= 15 is 0 Å². The molecule has 0 radical (unpaired) electrons. The number of aromatic nitrogens is 4. The molecule has 29 heavy (non-hydrogen) atoms. The van der Waals surface area contributed by atoms with Gasteiger partial charge in [0.2, 0.25) is 5.88 Å². The Morgan fingerprint density at radius 2 is 1.90 bits per heavy atom. The van der Waals surface area contributed by atoms with E-state index in [1.807, 2.05) is 48.5 Å². The van der Waals surface area contributed by atoms with Crippen molar-refractivity contribution in [3.8, 4) is 40.3 Å². The molecule has 7 heteroatoms. The zero-order valence-corrected chi connectivity index (χ0v) is 15.8. The zero-order chi connectivity index (χ0) is 20.2. The number of nitrogens with two attached hydrogens (primary N) is 1. The first-order chi connectivity index (χ1) is 14.2. The summed E-state index contributed by atoms with van der Waals surface area (Å²) in [4.78, 5) is 8.77. The second-order valence-corrected chi connectivity index (χ2v) is 6.39. The Kier molecular flexibility index (Phi) is 5.01.